The minimum Gasteiger partial charge on any atom is -0.489 e. The number of aryl methyl sites for hydroxylation is 4. The van der Waals surface area contributed by atoms with Gasteiger partial charge in [0, 0.05) is 18.3 Å². The predicted molar refractivity (Wildman–Crippen MR) is 113 cm³/mol. The second-order valence-electron chi connectivity index (χ2n) is 7.80. The topological polar surface area (TPSA) is 79.8 Å². The molecule has 156 valence electrons. The molecule has 8 nitrogen and oxygen atoms in total. The van der Waals surface area contributed by atoms with Crippen LogP contribution >= 0.6 is 0 Å². The SMILES string of the molecule is CC1=C(OCc2c(C)cccc2-n2nnn(C)c2=O)C=CC(n2nc(C)cc2C)C1. The molecule has 0 saturated carbocycles. The first-order valence-electron chi connectivity index (χ1n) is 9.96. The molecule has 3 aromatic rings. The maximum absolute atomic E-state index is 12.3. The van der Waals surface area contributed by atoms with Crippen molar-refractivity contribution in [2.45, 2.75) is 46.8 Å². The molecule has 4 rings (SSSR count). The third-order valence-corrected chi connectivity index (χ3v) is 5.47. The van der Waals surface area contributed by atoms with Crippen LogP contribution in [-0.2, 0) is 18.4 Å². The fourth-order valence-corrected chi connectivity index (χ4v) is 3.83. The van der Waals surface area contributed by atoms with Crippen LogP contribution in [0.25, 0.3) is 5.69 Å². The lowest BCUT2D eigenvalue weighted by molar-refractivity contribution is 0.203. The lowest BCUT2D eigenvalue weighted by Crippen LogP contribution is -2.23. The van der Waals surface area contributed by atoms with Crippen molar-refractivity contribution in [2.24, 2.45) is 7.05 Å². The standard InChI is InChI=1S/C22H26N6O2/c1-14-7-6-8-20(28-22(29)26(5)24-25-28)19(14)13-30-21-10-9-18(11-15(21)2)27-17(4)12-16(3)23-27/h6-10,12,18H,11,13H2,1-5H3. The highest BCUT2D eigenvalue weighted by Gasteiger charge is 2.19. The molecule has 2 aromatic heterocycles. The number of ether oxygens (including phenoxy) is 1. The van der Waals surface area contributed by atoms with Gasteiger partial charge in [-0.1, -0.05) is 18.2 Å². The van der Waals surface area contributed by atoms with Gasteiger partial charge in [0.2, 0.25) is 0 Å². The summed E-state index contributed by atoms with van der Waals surface area (Å²) in [5.41, 5.74) is 5.68. The molecule has 0 amide bonds. The van der Waals surface area contributed by atoms with Gasteiger partial charge in [0.1, 0.15) is 12.4 Å². The third kappa shape index (κ3) is 3.60. The summed E-state index contributed by atoms with van der Waals surface area (Å²) in [7, 11) is 1.58. The maximum Gasteiger partial charge on any atom is 0.368 e. The zero-order valence-corrected chi connectivity index (χ0v) is 18.0. The van der Waals surface area contributed by atoms with E-state index >= 15 is 0 Å². The van der Waals surface area contributed by atoms with Gasteiger partial charge in [-0.2, -0.15) is 14.5 Å². The second kappa shape index (κ2) is 7.78. The van der Waals surface area contributed by atoms with Crippen molar-refractivity contribution in [2.75, 3.05) is 0 Å². The van der Waals surface area contributed by atoms with E-state index in [9.17, 15) is 4.79 Å². The van der Waals surface area contributed by atoms with Crippen LogP contribution in [0.1, 0.15) is 41.9 Å². The van der Waals surface area contributed by atoms with Crippen LogP contribution < -0.4 is 5.69 Å². The van der Waals surface area contributed by atoms with Gasteiger partial charge < -0.3 is 4.74 Å². The highest BCUT2D eigenvalue weighted by molar-refractivity contribution is 5.44. The molecular formula is C22H26N6O2. The van der Waals surface area contributed by atoms with Crippen LogP contribution in [0.3, 0.4) is 0 Å². The minimum atomic E-state index is -0.289. The van der Waals surface area contributed by atoms with Crippen molar-refractivity contribution in [3.8, 4) is 5.69 Å². The van der Waals surface area contributed by atoms with Crippen LogP contribution in [0.4, 0.5) is 0 Å². The first-order chi connectivity index (χ1) is 14.3. The van der Waals surface area contributed by atoms with Crippen LogP contribution in [0, 0.1) is 20.8 Å². The summed E-state index contributed by atoms with van der Waals surface area (Å²) in [4.78, 5) is 12.3. The summed E-state index contributed by atoms with van der Waals surface area (Å²) in [6, 6.07) is 8.05. The van der Waals surface area contributed by atoms with Crippen molar-refractivity contribution in [3.63, 3.8) is 0 Å². The maximum atomic E-state index is 12.3. The summed E-state index contributed by atoms with van der Waals surface area (Å²) >= 11 is 0. The lowest BCUT2D eigenvalue weighted by Gasteiger charge is -2.23. The Hall–Kier alpha value is -3.42. The number of allylic oxidation sites excluding steroid dienone is 3. The number of benzene rings is 1. The van der Waals surface area contributed by atoms with E-state index in [2.05, 4.69) is 46.2 Å². The second-order valence-corrected chi connectivity index (χ2v) is 7.80. The molecule has 0 radical (unpaired) electrons. The van der Waals surface area contributed by atoms with Crippen LogP contribution in [0.15, 0.2) is 52.5 Å². The van der Waals surface area contributed by atoms with E-state index in [4.69, 9.17) is 4.74 Å². The van der Waals surface area contributed by atoms with Crippen molar-refractivity contribution in [1.29, 1.82) is 0 Å². The average Bonchev–Trinajstić information content (AvgIpc) is 3.22. The average molecular weight is 406 g/mol. The van der Waals surface area contributed by atoms with Gasteiger partial charge in [0.05, 0.1) is 17.4 Å². The Balaban J connectivity index is 1.55. The molecule has 0 fully saturated rings. The molecule has 1 aromatic carbocycles. The van der Waals surface area contributed by atoms with Gasteiger partial charge in [-0.05, 0) is 73.9 Å². The molecule has 0 saturated heterocycles. The first kappa shape index (κ1) is 19.9. The van der Waals surface area contributed by atoms with E-state index in [-0.39, 0.29) is 11.7 Å². The summed E-state index contributed by atoms with van der Waals surface area (Å²) < 4.78 is 10.8. The highest BCUT2D eigenvalue weighted by Crippen LogP contribution is 2.29. The molecule has 0 aliphatic heterocycles. The molecule has 1 aliphatic rings. The molecule has 0 spiro atoms. The van der Waals surface area contributed by atoms with Gasteiger partial charge in [-0.25, -0.2) is 4.79 Å². The Kier molecular flexibility index (Phi) is 5.15. The molecule has 0 N–H and O–H groups in total. The van der Waals surface area contributed by atoms with Gasteiger partial charge in [-0.3, -0.25) is 4.68 Å². The van der Waals surface area contributed by atoms with E-state index < -0.39 is 0 Å². The summed E-state index contributed by atoms with van der Waals surface area (Å²) in [5.74, 6) is 0.855. The number of tetrazole rings is 1. The van der Waals surface area contributed by atoms with Crippen LogP contribution in [-0.4, -0.2) is 29.6 Å². The fourth-order valence-electron chi connectivity index (χ4n) is 3.83. The zero-order chi connectivity index (χ0) is 21.4. The van der Waals surface area contributed by atoms with Crippen molar-refractivity contribution < 1.29 is 4.74 Å². The third-order valence-electron chi connectivity index (χ3n) is 5.47. The Labute approximate surface area is 175 Å². The number of rotatable bonds is 5. The highest BCUT2D eigenvalue weighted by atomic mass is 16.5. The zero-order valence-electron chi connectivity index (χ0n) is 18.0. The Morgan fingerprint density at radius 1 is 1.17 bits per heavy atom. The van der Waals surface area contributed by atoms with E-state index in [1.54, 1.807) is 7.05 Å². The normalized spacial score (nSPS) is 16.4. The molecule has 30 heavy (non-hydrogen) atoms. The monoisotopic (exact) mass is 406 g/mol. The quantitative estimate of drug-likeness (QED) is 0.651. The first-order valence-corrected chi connectivity index (χ1v) is 9.96. The summed E-state index contributed by atoms with van der Waals surface area (Å²) in [6.45, 7) is 8.51. The van der Waals surface area contributed by atoms with E-state index in [1.165, 1.54) is 14.9 Å². The predicted octanol–water partition coefficient (Wildman–Crippen LogP) is 3.08. The summed E-state index contributed by atoms with van der Waals surface area (Å²) in [5, 5.41) is 12.4. The molecule has 0 bridgehead atoms. The van der Waals surface area contributed by atoms with E-state index in [0.717, 1.165) is 34.7 Å². The number of hydrogen-bond donors (Lipinski definition) is 0. The molecule has 1 atom stereocenters. The Bertz CT molecular complexity index is 1210. The molecule has 2 heterocycles. The Morgan fingerprint density at radius 2 is 1.97 bits per heavy atom. The number of nitrogens with zero attached hydrogens (tertiary/aromatic N) is 6. The fraction of sp³-hybridized carbons (Fsp3) is 0.364. The minimum absolute atomic E-state index is 0.193. The lowest BCUT2D eigenvalue weighted by atomic mass is 10.0. The van der Waals surface area contributed by atoms with Gasteiger partial charge in [-0.15, -0.1) is 0 Å². The van der Waals surface area contributed by atoms with E-state index in [0.29, 0.717) is 12.3 Å². The summed E-state index contributed by atoms with van der Waals surface area (Å²) in [6.07, 6.45) is 5.00. The number of aromatic nitrogens is 6. The smallest absolute Gasteiger partial charge is 0.368 e. The van der Waals surface area contributed by atoms with Gasteiger partial charge in [0.25, 0.3) is 0 Å². The van der Waals surface area contributed by atoms with Crippen molar-refractivity contribution >= 4 is 0 Å². The van der Waals surface area contributed by atoms with Crippen LogP contribution in [0.2, 0.25) is 0 Å². The van der Waals surface area contributed by atoms with Crippen molar-refractivity contribution in [1.82, 2.24) is 29.6 Å². The molecule has 1 unspecified atom stereocenters. The Morgan fingerprint density at radius 3 is 2.60 bits per heavy atom. The van der Waals surface area contributed by atoms with E-state index in [1.807, 2.05) is 38.1 Å². The van der Waals surface area contributed by atoms with Gasteiger partial charge in [0.15, 0.2) is 0 Å². The van der Waals surface area contributed by atoms with Gasteiger partial charge >= 0.3 is 5.69 Å². The molecule has 1 aliphatic carbocycles. The molecular weight excluding hydrogens is 380 g/mol. The molecule has 8 heteroatoms. The van der Waals surface area contributed by atoms with Crippen molar-refractivity contribution in [3.05, 3.63) is 80.7 Å². The van der Waals surface area contributed by atoms with Crippen LogP contribution in [0.5, 0.6) is 0 Å². The number of hydrogen-bond acceptors (Lipinski definition) is 5. The largest absolute Gasteiger partial charge is 0.489 e.